The molecule has 0 unspecified atom stereocenters. The number of likely N-dealkylation sites (tertiary alicyclic amines) is 1. The lowest BCUT2D eigenvalue weighted by molar-refractivity contribution is 0.202. The van der Waals surface area contributed by atoms with E-state index in [1.807, 2.05) is 19.1 Å². The third-order valence-electron chi connectivity index (χ3n) is 5.19. The molecule has 1 aliphatic heterocycles. The van der Waals surface area contributed by atoms with Crippen LogP contribution in [0.1, 0.15) is 35.7 Å². The van der Waals surface area contributed by atoms with Gasteiger partial charge in [-0.1, -0.05) is 0 Å². The molecule has 0 bridgehead atoms. The molecule has 0 radical (unpaired) electrons. The van der Waals surface area contributed by atoms with Gasteiger partial charge in [-0.2, -0.15) is 10.2 Å². The first kappa shape index (κ1) is 16.1. The number of hydrogen-bond donors (Lipinski definition) is 1. The van der Waals surface area contributed by atoms with Gasteiger partial charge in [0.15, 0.2) is 0 Å². The molecule has 1 aliphatic rings. The Morgan fingerprint density at radius 1 is 1.16 bits per heavy atom. The quantitative estimate of drug-likeness (QED) is 0.790. The topological polar surface area (TPSA) is 54.0 Å². The fourth-order valence-electron chi connectivity index (χ4n) is 3.73. The predicted molar refractivity (Wildman–Crippen MR) is 98.9 cm³/mol. The van der Waals surface area contributed by atoms with Gasteiger partial charge in [-0.25, -0.2) is 0 Å². The number of benzene rings is 1. The van der Waals surface area contributed by atoms with Crippen molar-refractivity contribution in [2.45, 2.75) is 32.2 Å². The summed E-state index contributed by atoms with van der Waals surface area (Å²) in [6, 6.07) is 10.4. The van der Waals surface area contributed by atoms with Crippen LogP contribution in [-0.2, 0) is 6.54 Å². The van der Waals surface area contributed by atoms with E-state index in [1.165, 1.54) is 29.3 Å². The molecular weight excluding hydrogens is 312 g/mol. The lowest BCUT2D eigenvalue weighted by Gasteiger charge is -2.31. The Bertz CT molecular complexity index is 848. The minimum absolute atomic E-state index is 0.598. The molecule has 0 amide bonds. The van der Waals surface area contributed by atoms with Crippen molar-refractivity contribution in [1.29, 1.82) is 0 Å². The Morgan fingerprint density at radius 3 is 2.72 bits per heavy atom. The van der Waals surface area contributed by atoms with Gasteiger partial charge in [-0.3, -0.25) is 4.90 Å². The van der Waals surface area contributed by atoms with Crippen LogP contribution in [0.2, 0.25) is 0 Å². The zero-order valence-electron chi connectivity index (χ0n) is 14.8. The maximum absolute atomic E-state index is 5.39. The van der Waals surface area contributed by atoms with E-state index < -0.39 is 0 Å². The number of fused-ring (bicyclic) bond motifs is 1. The van der Waals surface area contributed by atoms with Crippen LogP contribution in [-0.4, -0.2) is 40.3 Å². The van der Waals surface area contributed by atoms with E-state index in [2.05, 4.69) is 44.5 Å². The summed E-state index contributed by atoms with van der Waals surface area (Å²) >= 11 is 0. The summed E-state index contributed by atoms with van der Waals surface area (Å²) in [5.74, 6) is 1.52. The highest BCUT2D eigenvalue weighted by Crippen LogP contribution is 2.34. The van der Waals surface area contributed by atoms with Crippen molar-refractivity contribution in [3.8, 4) is 5.75 Å². The molecule has 1 saturated heterocycles. The highest BCUT2D eigenvalue weighted by molar-refractivity contribution is 5.85. The molecule has 2 aromatic heterocycles. The van der Waals surface area contributed by atoms with Crippen molar-refractivity contribution in [1.82, 2.24) is 20.1 Å². The molecule has 25 heavy (non-hydrogen) atoms. The van der Waals surface area contributed by atoms with Crippen LogP contribution < -0.4 is 4.74 Å². The zero-order valence-corrected chi connectivity index (χ0v) is 14.8. The number of nitrogens with zero attached hydrogens (tertiary/aromatic N) is 3. The van der Waals surface area contributed by atoms with E-state index in [9.17, 15) is 0 Å². The molecule has 1 aromatic carbocycles. The minimum atomic E-state index is 0.598. The molecule has 1 N–H and O–H groups in total. The minimum Gasteiger partial charge on any atom is -0.497 e. The van der Waals surface area contributed by atoms with Crippen LogP contribution in [0, 0.1) is 6.92 Å². The Kier molecular flexibility index (Phi) is 4.40. The Balaban J connectivity index is 1.44. The number of methoxy groups -OCH3 is 1. The lowest BCUT2D eigenvalue weighted by atomic mass is 9.89. The fourth-order valence-corrected chi connectivity index (χ4v) is 3.73. The van der Waals surface area contributed by atoms with E-state index in [1.54, 1.807) is 7.11 Å². The van der Waals surface area contributed by atoms with Gasteiger partial charge in [-0.15, -0.1) is 0 Å². The van der Waals surface area contributed by atoms with E-state index in [0.717, 1.165) is 36.8 Å². The summed E-state index contributed by atoms with van der Waals surface area (Å²) in [6.45, 7) is 5.05. The van der Waals surface area contributed by atoms with Crippen LogP contribution in [0.5, 0.6) is 5.75 Å². The van der Waals surface area contributed by atoms with E-state index in [4.69, 9.17) is 4.74 Å². The first-order valence-electron chi connectivity index (χ1n) is 8.89. The van der Waals surface area contributed by atoms with Crippen LogP contribution in [0.25, 0.3) is 10.9 Å². The largest absolute Gasteiger partial charge is 0.497 e. The van der Waals surface area contributed by atoms with Crippen molar-refractivity contribution in [3.05, 3.63) is 53.5 Å². The molecule has 0 saturated carbocycles. The number of piperidine rings is 1. The second kappa shape index (κ2) is 6.84. The normalized spacial score (nSPS) is 16.4. The number of aryl methyl sites for hydroxylation is 1. The van der Waals surface area contributed by atoms with Gasteiger partial charge in [0.1, 0.15) is 5.75 Å². The molecule has 130 valence electrons. The number of aromatic amines is 1. The van der Waals surface area contributed by atoms with Crippen LogP contribution in [0.15, 0.2) is 36.5 Å². The van der Waals surface area contributed by atoms with Gasteiger partial charge in [0.05, 0.1) is 18.5 Å². The van der Waals surface area contributed by atoms with Crippen molar-refractivity contribution < 1.29 is 4.74 Å². The second-order valence-electron chi connectivity index (χ2n) is 6.87. The third-order valence-corrected chi connectivity index (χ3v) is 5.19. The lowest BCUT2D eigenvalue weighted by Crippen LogP contribution is -2.32. The molecule has 3 heterocycles. The summed E-state index contributed by atoms with van der Waals surface area (Å²) in [5.41, 5.74) is 4.63. The van der Waals surface area contributed by atoms with Crippen molar-refractivity contribution in [2.24, 2.45) is 0 Å². The first-order chi connectivity index (χ1) is 12.2. The molecule has 5 nitrogen and oxygen atoms in total. The predicted octanol–water partition coefficient (Wildman–Crippen LogP) is 3.65. The summed E-state index contributed by atoms with van der Waals surface area (Å²) in [4.78, 5) is 5.88. The molecule has 3 aromatic rings. The molecule has 5 heteroatoms. The number of ether oxygens (including phenoxy) is 1. The maximum atomic E-state index is 5.39. The Hall–Kier alpha value is -2.40. The fraction of sp³-hybridized carbons (Fsp3) is 0.400. The second-order valence-corrected chi connectivity index (χ2v) is 6.87. The van der Waals surface area contributed by atoms with E-state index in [-0.39, 0.29) is 0 Å². The standard InChI is InChI=1S/C20H24N4O/c1-14-3-4-16(23-22-14)13-24-9-7-15(8-10-24)19-12-21-20-6-5-17(25-2)11-18(19)20/h3-6,11-12,15,21H,7-10,13H2,1-2H3. The number of H-pyrrole nitrogens is 1. The van der Waals surface area contributed by atoms with Crippen LogP contribution >= 0.6 is 0 Å². The molecular formula is C20H24N4O. The van der Waals surface area contributed by atoms with Crippen molar-refractivity contribution >= 4 is 10.9 Å². The first-order valence-corrected chi connectivity index (χ1v) is 8.89. The number of rotatable bonds is 4. The SMILES string of the molecule is COc1ccc2[nH]cc(C3CCN(Cc4ccc(C)nn4)CC3)c2c1. The number of nitrogens with one attached hydrogen (secondary N) is 1. The molecule has 4 rings (SSSR count). The summed E-state index contributed by atoms with van der Waals surface area (Å²) in [5, 5.41) is 9.74. The molecule has 0 atom stereocenters. The average Bonchev–Trinajstić information content (AvgIpc) is 3.07. The number of hydrogen-bond acceptors (Lipinski definition) is 4. The monoisotopic (exact) mass is 336 g/mol. The average molecular weight is 336 g/mol. The summed E-state index contributed by atoms with van der Waals surface area (Å²) in [6.07, 6.45) is 4.52. The summed E-state index contributed by atoms with van der Waals surface area (Å²) < 4.78 is 5.39. The Morgan fingerprint density at radius 2 is 2.00 bits per heavy atom. The summed E-state index contributed by atoms with van der Waals surface area (Å²) in [7, 11) is 1.72. The zero-order chi connectivity index (χ0) is 17.2. The Labute approximate surface area is 148 Å². The van der Waals surface area contributed by atoms with E-state index >= 15 is 0 Å². The van der Waals surface area contributed by atoms with Gasteiger partial charge in [0, 0.05) is 23.6 Å². The van der Waals surface area contributed by atoms with Gasteiger partial charge < -0.3 is 9.72 Å². The van der Waals surface area contributed by atoms with Crippen molar-refractivity contribution in [3.63, 3.8) is 0 Å². The molecule has 0 spiro atoms. The van der Waals surface area contributed by atoms with Crippen molar-refractivity contribution in [2.75, 3.05) is 20.2 Å². The van der Waals surface area contributed by atoms with Gasteiger partial charge >= 0.3 is 0 Å². The molecule has 1 fully saturated rings. The highest BCUT2D eigenvalue weighted by atomic mass is 16.5. The van der Waals surface area contributed by atoms with Gasteiger partial charge in [-0.05, 0) is 74.7 Å². The van der Waals surface area contributed by atoms with Gasteiger partial charge in [0.25, 0.3) is 0 Å². The molecule has 0 aliphatic carbocycles. The van der Waals surface area contributed by atoms with E-state index in [0.29, 0.717) is 5.92 Å². The highest BCUT2D eigenvalue weighted by Gasteiger charge is 2.23. The van der Waals surface area contributed by atoms with Crippen LogP contribution in [0.4, 0.5) is 0 Å². The smallest absolute Gasteiger partial charge is 0.119 e. The number of aromatic nitrogens is 3. The maximum Gasteiger partial charge on any atom is 0.119 e. The third kappa shape index (κ3) is 3.37. The van der Waals surface area contributed by atoms with Gasteiger partial charge in [0.2, 0.25) is 0 Å². The van der Waals surface area contributed by atoms with Crippen LogP contribution in [0.3, 0.4) is 0 Å².